The highest BCUT2D eigenvalue weighted by Crippen LogP contribution is 2.30. The molecule has 0 unspecified atom stereocenters. The molecule has 0 radical (unpaired) electrons. The van der Waals surface area contributed by atoms with E-state index in [1.165, 1.54) is 12.7 Å². The summed E-state index contributed by atoms with van der Waals surface area (Å²) in [6.45, 7) is 2.83. The van der Waals surface area contributed by atoms with E-state index in [2.05, 4.69) is 17.4 Å². The fourth-order valence-corrected chi connectivity index (χ4v) is 3.75. The van der Waals surface area contributed by atoms with Crippen molar-refractivity contribution in [2.45, 2.75) is 18.8 Å². The minimum atomic E-state index is -0.364. The number of carbonyl (C=O) groups excluding carboxylic acids is 2. The van der Waals surface area contributed by atoms with E-state index < -0.39 is 0 Å². The molecule has 124 valence electrons. The Morgan fingerprint density at radius 3 is 2.70 bits per heavy atom. The topological polar surface area (TPSA) is 58.6 Å². The molecule has 2 heterocycles. The highest BCUT2D eigenvalue weighted by atomic mass is 16.5. The molecule has 0 aromatic heterocycles. The molecule has 1 aromatic rings. The maximum atomic E-state index is 12.9. The van der Waals surface area contributed by atoms with Crippen molar-refractivity contribution in [1.82, 2.24) is 10.2 Å². The second-order valence-corrected chi connectivity index (χ2v) is 6.41. The Balaban J connectivity index is 1.67. The van der Waals surface area contributed by atoms with Gasteiger partial charge >= 0.3 is 5.97 Å². The first kappa shape index (κ1) is 16.0. The number of esters is 1. The van der Waals surface area contributed by atoms with Crippen LogP contribution in [0.15, 0.2) is 30.3 Å². The molecule has 0 bridgehead atoms. The van der Waals surface area contributed by atoms with E-state index in [1.54, 1.807) is 0 Å². The smallest absolute Gasteiger partial charge is 0.310 e. The number of amides is 1. The molecule has 5 nitrogen and oxygen atoms in total. The van der Waals surface area contributed by atoms with Crippen molar-refractivity contribution in [2.24, 2.45) is 11.8 Å². The van der Waals surface area contributed by atoms with E-state index in [4.69, 9.17) is 4.74 Å². The van der Waals surface area contributed by atoms with Gasteiger partial charge in [-0.3, -0.25) is 9.59 Å². The normalized spacial score (nSPS) is 27.7. The molecule has 2 aliphatic rings. The third-order valence-electron chi connectivity index (χ3n) is 5.07. The molecule has 2 aliphatic heterocycles. The van der Waals surface area contributed by atoms with Crippen LogP contribution in [-0.4, -0.2) is 50.1 Å². The van der Waals surface area contributed by atoms with E-state index in [0.29, 0.717) is 18.9 Å². The van der Waals surface area contributed by atoms with Crippen LogP contribution in [0.2, 0.25) is 0 Å². The van der Waals surface area contributed by atoms with Crippen molar-refractivity contribution >= 4 is 11.9 Å². The highest BCUT2D eigenvalue weighted by Gasteiger charge is 2.40. The number of nitrogens with one attached hydrogen (secondary N) is 1. The summed E-state index contributed by atoms with van der Waals surface area (Å²) in [5.41, 5.74) is 1.29. The van der Waals surface area contributed by atoms with Crippen molar-refractivity contribution in [3.63, 3.8) is 0 Å². The number of methoxy groups -OCH3 is 1. The lowest BCUT2D eigenvalue weighted by atomic mass is 9.85. The quantitative estimate of drug-likeness (QED) is 0.857. The maximum Gasteiger partial charge on any atom is 0.310 e. The molecule has 1 aromatic carbocycles. The molecule has 0 saturated carbocycles. The molecule has 1 N–H and O–H groups in total. The molecule has 23 heavy (non-hydrogen) atoms. The van der Waals surface area contributed by atoms with Crippen LogP contribution in [0.5, 0.6) is 0 Å². The van der Waals surface area contributed by atoms with Crippen molar-refractivity contribution in [3.05, 3.63) is 35.9 Å². The zero-order valence-corrected chi connectivity index (χ0v) is 13.5. The van der Waals surface area contributed by atoms with Gasteiger partial charge in [0.2, 0.25) is 5.91 Å². The lowest BCUT2D eigenvalue weighted by Gasteiger charge is -2.32. The summed E-state index contributed by atoms with van der Waals surface area (Å²) < 4.78 is 4.87. The van der Waals surface area contributed by atoms with Gasteiger partial charge in [0.05, 0.1) is 18.9 Å². The van der Waals surface area contributed by atoms with Gasteiger partial charge < -0.3 is 15.0 Å². The standard InChI is InChI=1S/C18H24N2O3/c1-23-18(22)16-11-19-9-7-15(16)17(21)20-10-8-14(12-20)13-5-3-2-4-6-13/h2-6,14-16,19H,7-12H2,1H3/t14-,15-,16-/m0/s1. The Hall–Kier alpha value is -1.88. The Morgan fingerprint density at radius 1 is 1.17 bits per heavy atom. The minimum Gasteiger partial charge on any atom is -0.469 e. The van der Waals surface area contributed by atoms with E-state index in [0.717, 1.165) is 26.1 Å². The molecular formula is C18H24N2O3. The van der Waals surface area contributed by atoms with Crippen LogP contribution in [0.1, 0.15) is 24.3 Å². The number of likely N-dealkylation sites (tertiary alicyclic amines) is 1. The Bertz CT molecular complexity index is 561. The van der Waals surface area contributed by atoms with Crippen LogP contribution in [0.4, 0.5) is 0 Å². The van der Waals surface area contributed by atoms with E-state index >= 15 is 0 Å². The first-order valence-corrected chi connectivity index (χ1v) is 8.33. The summed E-state index contributed by atoms with van der Waals surface area (Å²) >= 11 is 0. The molecule has 1 amide bonds. The summed E-state index contributed by atoms with van der Waals surface area (Å²) in [6, 6.07) is 10.3. The number of carbonyl (C=O) groups is 2. The van der Waals surface area contributed by atoms with Crippen LogP contribution >= 0.6 is 0 Å². The number of rotatable bonds is 3. The second kappa shape index (κ2) is 7.13. The molecule has 0 aliphatic carbocycles. The summed E-state index contributed by atoms with van der Waals surface area (Å²) in [5, 5.41) is 3.19. The van der Waals surface area contributed by atoms with Crippen LogP contribution in [0.3, 0.4) is 0 Å². The first-order valence-electron chi connectivity index (χ1n) is 8.33. The van der Waals surface area contributed by atoms with Gasteiger partial charge in [0.15, 0.2) is 0 Å². The summed E-state index contributed by atoms with van der Waals surface area (Å²) in [7, 11) is 1.39. The van der Waals surface area contributed by atoms with Gasteiger partial charge in [-0.15, -0.1) is 0 Å². The van der Waals surface area contributed by atoms with Crippen LogP contribution in [0.25, 0.3) is 0 Å². The number of nitrogens with zero attached hydrogens (tertiary/aromatic N) is 1. The van der Waals surface area contributed by atoms with Gasteiger partial charge in [-0.25, -0.2) is 0 Å². The van der Waals surface area contributed by atoms with Crippen molar-refractivity contribution in [3.8, 4) is 0 Å². The molecule has 3 rings (SSSR count). The summed E-state index contributed by atoms with van der Waals surface area (Å²) in [6.07, 6.45) is 1.69. The number of ether oxygens (including phenoxy) is 1. The van der Waals surface area contributed by atoms with E-state index in [9.17, 15) is 9.59 Å². The fraction of sp³-hybridized carbons (Fsp3) is 0.556. The zero-order chi connectivity index (χ0) is 16.2. The molecule has 2 saturated heterocycles. The van der Waals surface area contributed by atoms with Gasteiger partial charge in [0.25, 0.3) is 0 Å². The van der Waals surface area contributed by atoms with Crippen LogP contribution < -0.4 is 5.32 Å². The van der Waals surface area contributed by atoms with Gasteiger partial charge in [-0.05, 0) is 24.9 Å². The van der Waals surface area contributed by atoms with Gasteiger partial charge in [0, 0.05) is 25.6 Å². The fourth-order valence-electron chi connectivity index (χ4n) is 3.75. The molecule has 3 atom stereocenters. The largest absolute Gasteiger partial charge is 0.469 e. The molecule has 2 fully saturated rings. The summed E-state index contributed by atoms with van der Waals surface area (Å²) in [5.74, 6) is -0.386. The Morgan fingerprint density at radius 2 is 1.96 bits per heavy atom. The lowest BCUT2D eigenvalue weighted by Crippen LogP contribution is -2.48. The predicted octanol–water partition coefficient (Wildman–Crippen LogP) is 1.40. The van der Waals surface area contributed by atoms with Crippen molar-refractivity contribution < 1.29 is 14.3 Å². The van der Waals surface area contributed by atoms with Crippen LogP contribution in [0, 0.1) is 11.8 Å². The number of hydrogen-bond acceptors (Lipinski definition) is 4. The number of hydrogen-bond donors (Lipinski definition) is 1. The minimum absolute atomic E-state index is 0.111. The third-order valence-corrected chi connectivity index (χ3v) is 5.07. The Labute approximate surface area is 137 Å². The molecule has 0 spiro atoms. The molecular weight excluding hydrogens is 292 g/mol. The van der Waals surface area contributed by atoms with E-state index in [-0.39, 0.29) is 23.7 Å². The average molecular weight is 316 g/mol. The SMILES string of the molecule is COC(=O)[C@H]1CNCC[C@@H]1C(=O)N1CC[C@H](c2ccccc2)C1. The third kappa shape index (κ3) is 3.39. The Kier molecular flexibility index (Phi) is 4.96. The number of benzene rings is 1. The molecule has 5 heteroatoms. The summed E-state index contributed by atoms with van der Waals surface area (Å²) in [4.78, 5) is 26.8. The zero-order valence-electron chi connectivity index (χ0n) is 13.5. The lowest BCUT2D eigenvalue weighted by molar-refractivity contribution is -0.153. The van der Waals surface area contributed by atoms with E-state index in [1.807, 2.05) is 23.1 Å². The maximum absolute atomic E-state index is 12.9. The average Bonchev–Trinajstić information content (AvgIpc) is 3.11. The van der Waals surface area contributed by atoms with Gasteiger partial charge in [0.1, 0.15) is 0 Å². The first-order chi connectivity index (χ1) is 11.2. The predicted molar refractivity (Wildman–Crippen MR) is 86.9 cm³/mol. The van der Waals surface area contributed by atoms with Crippen LogP contribution in [-0.2, 0) is 14.3 Å². The highest BCUT2D eigenvalue weighted by molar-refractivity contribution is 5.86. The van der Waals surface area contributed by atoms with Gasteiger partial charge in [-0.2, -0.15) is 0 Å². The monoisotopic (exact) mass is 316 g/mol. The van der Waals surface area contributed by atoms with Crippen molar-refractivity contribution in [1.29, 1.82) is 0 Å². The van der Waals surface area contributed by atoms with Crippen molar-refractivity contribution in [2.75, 3.05) is 33.3 Å². The second-order valence-electron chi connectivity index (χ2n) is 6.41. The number of piperidine rings is 1. The van der Waals surface area contributed by atoms with Gasteiger partial charge in [-0.1, -0.05) is 30.3 Å².